The molecule has 1 aliphatic carbocycles. The lowest BCUT2D eigenvalue weighted by Gasteiger charge is -2.36. The number of amides is 1. The molecule has 0 unspecified atom stereocenters. The molecule has 1 saturated carbocycles. The van der Waals surface area contributed by atoms with Crippen molar-refractivity contribution in [3.63, 3.8) is 0 Å². The number of carbonyl (C=O) groups excluding carboxylic acids is 2. The predicted octanol–water partition coefficient (Wildman–Crippen LogP) is 3.08. The zero-order valence-corrected chi connectivity index (χ0v) is 16.9. The van der Waals surface area contributed by atoms with Crippen LogP contribution in [0.4, 0.5) is 10.1 Å². The summed E-state index contributed by atoms with van der Waals surface area (Å²) >= 11 is 0. The number of nitrogens with zero attached hydrogens (tertiary/aromatic N) is 3. The number of halogens is 1. The van der Waals surface area contributed by atoms with Gasteiger partial charge in [0.25, 0.3) is 5.91 Å². The average Bonchev–Trinajstić information content (AvgIpc) is 3.51. The van der Waals surface area contributed by atoms with E-state index in [4.69, 9.17) is 4.74 Å². The van der Waals surface area contributed by atoms with E-state index in [9.17, 15) is 14.0 Å². The molecule has 2 heterocycles. The molecule has 29 heavy (non-hydrogen) atoms. The van der Waals surface area contributed by atoms with Crippen molar-refractivity contribution in [3.8, 4) is 0 Å². The van der Waals surface area contributed by atoms with E-state index < -0.39 is 5.97 Å². The van der Waals surface area contributed by atoms with Crippen LogP contribution in [0.2, 0.25) is 0 Å². The third-order valence-corrected chi connectivity index (χ3v) is 5.77. The molecule has 0 N–H and O–H groups in total. The number of aromatic nitrogens is 1. The second-order valence-electron chi connectivity index (χ2n) is 7.78. The van der Waals surface area contributed by atoms with Crippen LogP contribution in [0.3, 0.4) is 0 Å². The summed E-state index contributed by atoms with van der Waals surface area (Å²) in [5.74, 6) is -0.934. The van der Waals surface area contributed by atoms with Crippen LogP contribution in [-0.4, -0.2) is 54.1 Å². The molecule has 7 heteroatoms. The second-order valence-corrected chi connectivity index (χ2v) is 7.78. The fraction of sp³-hybridized carbons (Fsp3) is 0.455. The fourth-order valence-corrected chi connectivity index (χ4v) is 4.08. The Kier molecular flexibility index (Phi) is 5.30. The van der Waals surface area contributed by atoms with Gasteiger partial charge in [-0.05, 0) is 44.9 Å². The van der Waals surface area contributed by atoms with Gasteiger partial charge in [0.15, 0.2) is 6.61 Å². The van der Waals surface area contributed by atoms with Gasteiger partial charge in [0.2, 0.25) is 0 Å². The summed E-state index contributed by atoms with van der Waals surface area (Å²) < 4.78 is 21.4. The van der Waals surface area contributed by atoms with Gasteiger partial charge in [-0.25, -0.2) is 9.18 Å². The largest absolute Gasteiger partial charge is 0.452 e. The number of esters is 1. The minimum Gasteiger partial charge on any atom is -0.452 e. The van der Waals surface area contributed by atoms with Crippen molar-refractivity contribution in [1.82, 2.24) is 9.47 Å². The van der Waals surface area contributed by atoms with E-state index in [-0.39, 0.29) is 18.3 Å². The number of para-hydroxylation sites is 1. The first-order valence-electron chi connectivity index (χ1n) is 10.1. The van der Waals surface area contributed by atoms with Crippen LogP contribution >= 0.6 is 0 Å². The van der Waals surface area contributed by atoms with Gasteiger partial charge in [-0.3, -0.25) is 4.79 Å². The predicted molar refractivity (Wildman–Crippen MR) is 108 cm³/mol. The molecule has 1 amide bonds. The minimum absolute atomic E-state index is 0.220. The van der Waals surface area contributed by atoms with Crippen molar-refractivity contribution in [2.45, 2.75) is 32.7 Å². The smallest absolute Gasteiger partial charge is 0.340 e. The number of aryl methyl sites for hydroxylation is 1. The molecule has 0 bridgehead atoms. The molecule has 1 aromatic heterocycles. The molecule has 154 valence electrons. The van der Waals surface area contributed by atoms with Crippen molar-refractivity contribution in [2.24, 2.45) is 0 Å². The van der Waals surface area contributed by atoms with Crippen LogP contribution < -0.4 is 4.90 Å². The molecule has 1 saturated heterocycles. The standard InChI is InChI=1S/C22H26FN3O3/c1-15-13-18(16(2)26(15)17-7-8-17)22(28)29-14-21(27)25-11-9-24(10-12-25)20-6-4-3-5-19(20)23/h3-6,13,17H,7-12,14H2,1-2H3. The summed E-state index contributed by atoms with van der Waals surface area (Å²) in [6.07, 6.45) is 2.28. The van der Waals surface area contributed by atoms with Crippen LogP contribution in [0.5, 0.6) is 0 Å². The molecular weight excluding hydrogens is 373 g/mol. The van der Waals surface area contributed by atoms with Crippen molar-refractivity contribution in [1.29, 1.82) is 0 Å². The number of hydrogen-bond donors (Lipinski definition) is 0. The molecular formula is C22H26FN3O3. The Balaban J connectivity index is 1.30. The lowest BCUT2D eigenvalue weighted by Crippen LogP contribution is -2.50. The average molecular weight is 399 g/mol. The first kappa shape index (κ1) is 19.5. The van der Waals surface area contributed by atoms with E-state index in [0.29, 0.717) is 43.5 Å². The highest BCUT2D eigenvalue weighted by molar-refractivity contribution is 5.92. The Morgan fingerprint density at radius 3 is 2.45 bits per heavy atom. The zero-order chi connectivity index (χ0) is 20.5. The van der Waals surface area contributed by atoms with Crippen LogP contribution in [0.15, 0.2) is 30.3 Å². The van der Waals surface area contributed by atoms with Gasteiger partial charge in [0.1, 0.15) is 5.82 Å². The molecule has 0 atom stereocenters. The Labute approximate surface area is 169 Å². The quantitative estimate of drug-likeness (QED) is 0.725. The Morgan fingerprint density at radius 2 is 1.79 bits per heavy atom. The topological polar surface area (TPSA) is 54.8 Å². The summed E-state index contributed by atoms with van der Waals surface area (Å²) in [5, 5.41) is 0. The van der Waals surface area contributed by atoms with Gasteiger partial charge in [-0.1, -0.05) is 12.1 Å². The minimum atomic E-state index is -0.455. The summed E-state index contributed by atoms with van der Waals surface area (Å²) in [6, 6.07) is 8.97. The summed E-state index contributed by atoms with van der Waals surface area (Å²) in [5.41, 5.74) is 3.04. The van der Waals surface area contributed by atoms with Crippen LogP contribution in [0, 0.1) is 19.7 Å². The highest BCUT2D eigenvalue weighted by Gasteiger charge is 2.29. The van der Waals surface area contributed by atoms with E-state index in [1.807, 2.05) is 24.8 Å². The normalized spacial score (nSPS) is 16.8. The summed E-state index contributed by atoms with van der Waals surface area (Å²) in [7, 11) is 0. The van der Waals surface area contributed by atoms with Crippen LogP contribution in [0.25, 0.3) is 0 Å². The van der Waals surface area contributed by atoms with E-state index in [2.05, 4.69) is 4.57 Å². The van der Waals surface area contributed by atoms with Crippen molar-refractivity contribution >= 4 is 17.6 Å². The molecule has 4 rings (SSSR count). The summed E-state index contributed by atoms with van der Waals surface area (Å²) in [4.78, 5) is 28.5. The van der Waals surface area contributed by atoms with E-state index in [0.717, 1.165) is 24.2 Å². The third-order valence-electron chi connectivity index (χ3n) is 5.77. The Bertz CT molecular complexity index is 927. The van der Waals surface area contributed by atoms with Gasteiger partial charge in [-0.15, -0.1) is 0 Å². The summed E-state index contributed by atoms with van der Waals surface area (Å²) in [6.45, 7) is 5.67. The van der Waals surface area contributed by atoms with E-state index in [1.54, 1.807) is 23.1 Å². The Morgan fingerprint density at radius 1 is 1.10 bits per heavy atom. The molecule has 0 spiro atoms. The maximum absolute atomic E-state index is 13.9. The number of piperazine rings is 1. The van der Waals surface area contributed by atoms with Crippen molar-refractivity contribution in [3.05, 3.63) is 53.1 Å². The number of rotatable bonds is 5. The first-order chi connectivity index (χ1) is 14.0. The number of ether oxygens (including phenoxy) is 1. The molecule has 1 aromatic carbocycles. The maximum Gasteiger partial charge on any atom is 0.340 e. The van der Waals surface area contributed by atoms with Gasteiger partial charge < -0.3 is 19.1 Å². The molecule has 2 aliphatic rings. The number of hydrogen-bond acceptors (Lipinski definition) is 4. The number of anilines is 1. The highest BCUT2D eigenvalue weighted by atomic mass is 19.1. The van der Waals surface area contributed by atoms with Gasteiger partial charge in [-0.2, -0.15) is 0 Å². The SMILES string of the molecule is Cc1cc(C(=O)OCC(=O)N2CCN(c3ccccc3F)CC2)c(C)n1C1CC1. The lowest BCUT2D eigenvalue weighted by molar-refractivity contribution is -0.134. The fourth-order valence-electron chi connectivity index (χ4n) is 4.08. The molecule has 0 radical (unpaired) electrons. The van der Waals surface area contributed by atoms with E-state index in [1.165, 1.54) is 6.07 Å². The van der Waals surface area contributed by atoms with Crippen molar-refractivity contribution < 1.29 is 18.7 Å². The van der Waals surface area contributed by atoms with Crippen LogP contribution in [-0.2, 0) is 9.53 Å². The molecule has 1 aliphatic heterocycles. The lowest BCUT2D eigenvalue weighted by atomic mass is 10.2. The third kappa shape index (κ3) is 3.99. The van der Waals surface area contributed by atoms with Crippen LogP contribution in [0.1, 0.15) is 40.6 Å². The highest BCUT2D eigenvalue weighted by Crippen LogP contribution is 2.38. The van der Waals surface area contributed by atoms with E-state index >= 15 is 0 Å². The maximum atomic E-state index is 13.9. The molecule has 6 nitrogen and oxygen atoms in total. The second kappa shape index (κ2) is 7.89. The zero-order valence-electron chi connectivity index (χ0n) is 16.9. The number of benzene rings is 1. The van der Waals surface area contributed by atoms with Gasteiger partial charge >= 0.3 is 5.97 Å². The first-order valence-corrected chi connectivity index (χ1v) is 10.1. The number of carbonyl (C=O) groups is 2. The monoisotopic (exact) mass is 399 g/mol. The van der Waals surface area contributed by atoms with Crippen molar-refractivity contribution in [2.75, 3.05) is 37.7 Å². The molecule has 2 aromatic rings. The molecule has 2 fully saturated rings. The van der Waals surface area contributed by atoms with Gasteiger partial charge in [0.05, 0.1) is 11.3 Å². The Hall–Kier alpha value is -2.83. The van der Waals surface area contributed by atoms with Gasteiger partial charge in [0, 0.05) is 43.6 Å².